The van der Waals surface area contributed by atoms with Crippen molar-refractivity contribution in [3.8, 4) is 0 Å². The summed E-state index contributed by atoms with van der Waals surface area (Å²) in [6.45, 7) is 3.27. The van der Waals surface area contributed by atoms with Crippen LogP contribution in [0.5, 0.6) is 0 Å². The number of benzene rings is 1. The predicted octanol–water partition coefficient (Wildman–Crippen LogP) is 2.86. The van der Waals surface area contributed by atoms with Gasteiger partial charge in [0.15, 0.2) is 0 Å². The zero-order valence-corrected chi connectivity index (χ0v) is 16.5. The smallest absolute Gasteiger partial charge is 0.274 e. The average molecular weight is 409 g/mol. The van der Waals surface area contributed by atoms with Crippen molar-refractivity contribution in [3.63, 3.8) is 0 Å². The van der Waals surface area contributed by atoms with Crippen LogP contribution in [-0.4, -0.2) is 40.8 Å². The normalized spacial score (nSPS) is 20.8. The van der Waals surface area contributed by atoms with Crippen molar-refractivity contribution >= 4 is 45.0 Å². The fraction of sp³-hybridized carbons (Fsp3) is 0.500. The lowest BCUT2D eigenvalue weighted by Crippen LogP contribution is -2.52. The maximum Gasteiger partial charge on any atom is 0.274 e. The molecule has 1 unspecified atom stereocenters. The molecular weight excluding hydrogens is 387 g/mol. The molecule has 0 aliphatic carbocycles. The number of rotatable bonds is 6. The van der Waals surface area contributed by atoms with Crippen LogP contribution in [-0.2, 0) is 14.8 Å². The van der Waals surface area contributed by atoms with E-state index in [4.69, 9.17) is 20.8 Å². The van der Waals surface area contributed by atoms with Crippen molar-refractivity contribution in [2.75, 3.05) is 26.8 Å². The van der Waals surface area contributed by atoms with Crippen LogP contribution in [0.2, 0.25) is 5.02 Å². The largest absolute Gasteiger partial charge is 0.443 e. The van der Waals surface area contributed by atoms with Gasteiger partial charge in [-0.25, -0.2) is 13.1 Å². The highest BCUT2D eigenvalue weighted by Gasteiger charge is 2.35. The van der Waals surface area contributed by atoms with Crippen molar-refractivity contribution in [2.45, 2.75) is 30.4 Å². The summed E-state index contributed by atoms with van der Waals surface area (Å²) in [4.78, 5) is 0. The van der Waals surface area contributed by atoms with E-state index in [1.165, 1.54) is 0 Å². The van der Waals surface area contributed by atoms with E-state index in [-0.39, 0.29) is 29.6 Å². The summed E-state index contributed by atoms with van der Waals surface area (Å²) in [5.74, 6) is 0. The Hall–Kier alpha value is -0.830. The zero-order chi connectivity index (χ0) is 17.4. The van der Waals surface area contributed by atoms with E-state index >= 15 is 0 Å². The minimum atomic E-state index is -3.76. The number of ether oxygens (including phenoxy) is 1. The van der Waals surface area contributed by atoms with Crippen LogP contribution in [0.3, 0.4) is 0 Å². The van der Waals surface area contributed by atoms with Gasteiger partial charge >= 0.3 is 0 Å². The van der Waals surface area contributed by atoms with Gasteiger partial charge in [0, 0.05) is 29.6 Å². The molecule has 3 rings (SSSR count). The van der Waals surface area contributed by atoms with Crippen LogP contribution in [0.4, 0.5) is 0 Å². The van der Waals surface area contributed by atoms with Crippen LogP contribution in [0, 0.1) is 6.92 Å². The Labute approximate surface area is 158 Å². The molecule has 2 heterocycles. The lowest BCUT2D eigenvalue weighted by Gasteiger charge is -2.28. The first kappa shape index (κ1) is 20.5. The second-order valence-electron chi connectivity index (χ2n) is 6.22. The highest BCUT2D eigenvalue weighted by atomic mass is 35.5. The van der Waals surface area contributed by atoms with Crippen LogP contribution in [0.25, 0.3) is 11.0 Å². The number of aryl methyl sites for hydroxylation is 1. The number of halogens is 2. The molecule has 1 atom stereocenters. The van der Waals surface area contributed by atoms with Gasteiger partial charge in [0.05, 0.1) is 12.1 Å². The van der Waals surface area contributed by atoms with Crippen molar-refractivity contribution < 1.29 is 17.6 Å². The van der Waals surface area contributed by atoms with Gasteiger partial charge in [0.25, 0.3) is 10.0 Å². The summed E-state index contributed by atoms with van der Waals surface area (Å²) < 4.78 is 38.9. The van der Waals surface area contributed by atoms with E-state index in [0.717, 1.165) is 19.4 Å². The fourth-order valence-corrected chi connectivity index (χ4v) is 4.68. The lowest BCUT2D eigenvalue weighted by molar-refractivity contribution is 0.122. The Balaban J connectivity index is 0.00000225. The molecule has 1 saturated heterocycles. The second-order valence-corrected chi connectivity index (χ2v) is 8.33. The number of hydrogen-bond donors (Lipinski definition) is 2. The number of methoxy groups -OCH3 is 1. The molecule has 25 heavy (non-hydrogen) atoms. The fourth-order valence-electron chi connectivity index (χ4n) is 3.20. The third-order valence-electron chi connectivity index (χ3n) is 4.45. The Kier molecular flexibility index (Phi) is 6.40. The maximum atomic E-state index is 12.7. The van der Waals surface area contributed by atoms with Crippen molar-refractivity contribution in [2.24, 2.45) is 0 Å². The number of hydrogen-bond acceptors (Lipinski definition) is 5. The Morgan fingerprint density at radius 1 is 1.44 bits per heavy atom. The molecule has 0 amide bonds. The van der Waals surface area contributed by atoms with Crippen molar-refractivity contribution in [1.29, 1.82) is 0 Å². The predicted molar refractivity (Wildman–Crippen MR) is 100 cm³/mol. The molecule has 1 aromatic carbocycles. The minimum absolute atomic E-state index is 0. The Morgan fingerprint density at radius 3 is 2.84 bits per heavy atom. The Morgan fingerprint density at radius 2 is 2.20 bits per heavy atom. The van der Waals surface area contributed by atoms with Gasteiger partial charge in [-0.1, -0.05) is 11.6 Å². The monoisotopic (exact) mass is 408 g/mol. The van der Waals surface area contributed by atoms with Crippen molar-refractivity contribution in [3.05, 3.63) is 28.8 Å². The molecular formula is C16H22Cl2N2O4S. The molecule has 2 N–H and O–H groups in total. The van der Waals surface area contributed by atoms with Gasteiger partial charge in [-0.15, -0.1) is 12.4 Å². The molecule has 1 fully saturated rings. The molecule has 140 valence electrons. The molecule has 1 aromatic heterocycles. The molecule has 9 heteroatoms. The molecule has 6 nitrogen and oxygen atoms in total. The zero-order valence-electron chi connectivity index (χ0n) is 14.1. The molecule has 2 aromatic rings. The summed E-state index contributed by atoms with van der Waals surface area (Å²) in [5, 5.41) is 4.52. The van der Waals surface area contributed by atoms with Gasteiger partial charge in [-0.3, -0.25) is 0 Å². The topological polar surface area (TPSA) is 80.6 Å². The van der Waals surface area contributed by atoms with Gasteiger partial charge in [0.1, 0.15) is 5.58 Å². The number of fused-ring (bicyclic) bond motifs is 1. The number of nitrogens with one attached hydrogen (secondary N) is 2. The van der Waals surface area contributed by atoms with Gasteiger partial charge in [0.2, 0.25) is 5.09 Å². The molecule has 0 spiro atoms. The SMILES string of the molecule is COCC1(CNS(=O)(=O)c2oc3ccc(Cl)cc3c2C)CCCN1.Cl. The van der Waals surface area contributed by atoms with Crippen molar-refractivity contribution in [1.82, 2.24) is 10.0 Å². The van der Waals surface area contributed by atoms with Crippen LogP contribution < -0.4 is 10.0 Å². The third kappa shape index (κ3) is 4.13. The molecule has 0 radical (unpaired) electrons. The molecule has 1 aliphatic rings. The number of sulfonamides is 1. The summed E-state index contributed by atoms with van der Waals surface area (Å²) in [6, 6.07) is 5.06. The second kappa shape index (κ2) is 7.82. The summed E-state index contributed by atoms with van der Waals surface area (Å²) in [7, 11) is -2.15. The summed E-state index contributed by atoms with van der Waals surface area (Å²) in [5.41, 5.74) is 0.688. The highest BCUT2D eigenvalue weighted by Crippen LogP contribution is 2.30. The third-order valence-corrected chi connectivity index (χ3v) is 6.09. The van der Waals surface area contributed by atoms with Gasteiger partial charge in [-0.2, -0.15) is 0 Å². The molecule has 1 aliphatic heterocycles. The van der Waals surface area contributed by atoms with E-state index in [9.17, 15) is 8.42 Å². The molecule has 0 bridgehead atoms. The standard InChI is InChI=1S/C16H21ClN2O4S.ClH/c1-11-13-8-12(17)4-5-14(13)23-15(11)24(20,21)19-9-16(10-22-2)6-3-7-18-16;/h4-5,8,18-19H,3,6-7,9-10H2,1-2H3;1H. The van der Waals surface area contributed by atoms with Crippen LogP contribution in [0.15, 0.2) is 27.7 Å². The van der Waals surface area contributed by atoms with Gasteiger partial charge in [-0.05, 0) is 44.5 Å². The Bertz CT molecular complexity index is 845. The first-order chi connectivity index (χ1) is 11.4. The number of furan rings is 1. The summed E-state index contributed by atoms with van der Waals surface area (Å²) in [6.07, 6.45) is 1.85. The van der Waals surface area contributed by atoms with Crippen LogP contribution in [0.1, 0.15) is 18.4 Å². The first-order valence-corrected chi connectivity index (χ1v) is 9.65. The minimum Gasteiger partial charge on any atom is -0.443 e. The van der Waals surface area contributed by atoms with E-state index < -0.39 is 10.0 Å². The van der Waals surface area contributed by atoms with Gasteiger partial charge < -0.3 is 14.5 Å². The van der Waals surface area contributed by atoms with E-state index in [0.29, 0.717) is 28.2 Å². The van der Waals surface area contributed by atoms with E-state index in [1.807, 2.05) is 0 Å². The quantitative estimate of drug-likeness (QED) is 0.767. The lowest BCUT2D eigenvalue weighted by atomic mass is 9.99. The molecule has 0 saturated carbocycles. The van der Waals surface area contributed by atoms with E-state index in [2.05, 4.69) is 10.0 Å². The van der Waals surface area contributed by atoms with E-state index in [1.54, 1.807) is 32.2 Å². The maximum absolute atomic E-state index is 12.7. The summed E-state index contributed by atoms with van der Waals surface area (Å²) >= 11 is 5.99. The van der Waals surface area contributed by atoms with Crippen LogP contribution >= 0.6 is 24.0 Å². The highest BCUT2D eigenvalue weighted by molar-refractivity contribution is 7.89. The first-order valence-electron chi connectivity index (χ1n) is 7.79. The average Bonchev–Trinajstić information content (AvgIpc) is 3.12.